The van der Waals surface area contributed by atoms with Gasteiger partial charge in [-0.2, -0.15) is 4.31 Å². The average Bonchev–Trinajstić information content (AvgIpc) is 2.50. The first-order valence-corrected chi connectivity index (χ1v) is 9.03. The number of hydrogen-bond acceptors (Lipinski definition) is 4. The van der Waals surface area contributed by atoms with Crippen LogP contribution in [-0.4, -0.2) is 44.9 Å². The molecule has 0 N–H and O–H groups in total. The molecule has 5 nitrogen and oxygen atoms in total. The van der Waals surface area contributed by atoms with Crippen LogP contribution >= 0.6 is 11.6 Å². The van der Waals surface area contributed by atoms with Crippen molar-refractivity contribution in [1.29, 1.82) is 0 Å². The number of benzene rings is 1. The normalized spacial score (nSPS) is 14.4. The molecule has 1 aromatic carbocycles. The molecule has 21 heavy (non-hydrogen) atoms. The third-order valence-corrected chi connectivity index (χ3v) is 5.31. The Morgan fingerprint density at radius 3 is 2.57 bits per heavy atom. The highest BCUT2D eigenvalue weighted by Gasteiger charge is 2.25. The number of fused-ring (bicyclic) bond motifs is 1. The van der Waals surface area contributed by atoms with E-state index in [0.29, 0.717) is 37.8 Å². The molecule has 0 saturated carbocycles. The molecule has 0 spiro atoms. The van der Waals surface area contributed by atoms with Gasteiger partial charge in [0.2, 0.25) is 10.0 Å². The van der Waals surface area contributed by atoms with E-state index in [1.54, 1.807) is 12.1 Å². The molecule has 2 rings (SSSR count). The molecule has 0 aromatic heterocycles. The van der Waals surface area contributed by atoms with Crippen molar-refractivity contribution < 1.29 is 17.9 Å². The molecule has 0 bridgehead atoms. The molecule has 0 unspecified atom stereocenters. The first-order chi connectivity index (χ1) is 10.1. The van der Waals surface area contributed by atoms with Crippen LogP contribution in [0.1, 0.15) is 19.8 Å². The van der Waals surface area contributed by atoms with Crippen LogP contribution in [0.5, 0.6) is 11.5 Å². The zero-order chi connectivity index (χ0) is 15.3. The monoisotopic (exact) mass is 333 g/mol. The predicted octanol–water partition coefficient (Wildman–Crippen LogP) is 2.49. The maximum absolute atomic E-state index is 12.7. The fourth-order valence-corrected chi connectivity index (χ4v) is 3.91. The van der Waals surface area contributed by atoms with E-state index in [-0.39, 0.29) is 10.8 Å². The lowest BCUT2D eigenvalue weighted by Crippen LogP contribution is -2.33. The number of nitrogens with zero attached hydrogens (tertiary/aromatic N) is 1. The van der Waals surface area contributed by atoms with Crippen LogP contribution in [0.25, 0.3) is 0 Å². The predicted molar refractivity (Wildman–Crippen MR) is 81.8 cm³/mol. The molecule has 118 valence electrons. The second-order valence-electron chi connectivity index (χ2n) is 4.75. The molecule has 1 heterocycles. The highest BCUT2D eigenvalue weighted by molar-refractivity contribution is 7.89. The summed E-state index contributed by atoms with van der Waals surface area (Å²) in [4.78, 5) is 0.216. The van der Waals surface area contributed by atoms with E-state index in [4.69, 9.17) is 21.1 Å². The van der Waals surface area contributed by atoms with Crippen molar-refractivity contribution in [2.45, 2.75) is 24.7 Å². The molecule has 7 heteroatoms. The third-order valence-electron chi connectivity index (χ3n) is 3.25. The van der Waals surface area contributed by atoms with Gasteiger partial charge in [0.15, 0.2) is 11.5 Å². The second kappa shape index (κ2) is 7.33. The summed E-state index contributed by atoms with van der Waals surface area (Å²) in [5.41, 5.74) is 0. The minimum atomic E-state index is -3.56. The summed E-state index contributed by atoms with van der Waals surface area (Å²) >= 11 is 5.73. The third kappa shape index (κ3) is 3.81. The zero-order valence-corrected chi connectivity index (χ0v) is 13.6. The zero-order valence-electron chi connectivity index (χ0n) is 12.0. The smallest absolute Gasteiger partial charge is 0.243 e. The Hall–Kier alpha value is -0.980. The number of sulfonamides is 1. The molecule has 0 amide bonds. The first-order valence-electron chi connectivity index (χ1n) is 7.05. The quantitative estimate of drug-likeness (QED) is 0.719. The van der Waals surface area contributed by atoms with Crippen molar-refractivity contribution in [3.63, 3.8) is 0 Å². The van der Waals surface area contributed by atoms with Crippen molar-refractivity contribution in [2.24, 2.45) is 0 Å². The van der Waals surface area contributed by atoms with Gasteiger partial charge in [0.1, 0.15) is 13.2 Å². The Bertz CT molecular complexity index is 576. The van der Waals surface area contributed by atoms with Crippen molar-refractivity contribution in [3.05, 3.63) is 18.2 Å². The maximum atomic E-state index is 12.7. The highest BCUT2D eigenvalue weighted by Crippen LogP contribution is 2.33. The lowest BCUT2D eigenvalue weighted by Gasteiger charge is -2.23. The second-order valence-corrected chi connectivity index (χ2v) is 7.07. The van der Waals surface area contributed by atoms with Gasteiger partial charge in [-0.15, -0.1) is 11.6 Å². The molecule has 1 aliphatic rings. The van der Waals surface area contributed by atoms with Crippen molar-refractivity contribution in [1.82, 2.24) is 4.31 Å². The Labute approximate surface area is 130 Å². The topological polar surface area (TPSA) is 55.8 Å². The summed E-state index contributed by atoms with van der Waals surface area (Å²) in [6, 6.07) is 4.72. The maximum Gasteiger partial charge on any atom is 0.243 e. The summed E-state index contributed by atoms with van der Waals surface area (Å²) in [5, 5.41) is 0. The molecule has 0 saturated heterocycles. The first kappa shape index (κ1) is 16.4. The fraction of sp³-hybridized carbons (Fsp3) is 0.571. The van der Waals surface area contributed by atoms with Gasteiger partial charge in [0.05, 0.1) is 4.90 Å². The SMILES string of the molecule is CCCCN(CCCl)S(=O)(=O)c1ccc2c(c1)OCCO2. The summed E-state index contributed by atoms with van der Waals surface area (Å²) in [6.45, 7) is 3.71. The summed E-state index contributed by atoms with van der Waals surface area (Å²) in [7, 11) is -3.56. The van der Waals surface area contributed by atoms with Crippen molar-refractivity contribution in [2.75, 3.05) is 32.2 Å². The minimum Gasteiger partial charge on any atom is -0.486 e. The van der Waals surface area contributed by atoms with Crippen LogP contribution < -0.4 is 9.47 Å². The number of rotatable bonds is 7. The van der Waals surface area contributed by atoms with Crippen molar-refractivity contribution in [3.8, 4) is 11.5 Å². The van der Waals surface area contributed by atoms with Gasteiger partial charge < -0.3 is 9.47 Å². The van der Waals surface area contributed by atoms with Gasteiger partial charge in [-0.3, -0.25) is 0 Å². The van der Waals surface area contributed by atoms with Crippen LogP contribution in [0.15, 0.2) is 23.1 Å². The summed E-state index contributed by atoms with van der Waals surface area (Å²) < 4.78 is 37.7. The molecule has 0 fully saturated rings. The van der Waals surface area contributed by atoms with Crippen LogP contribution in [0, 0.1) is 0 Å². The van der Waals surface area contributed by atoms with Gasteiger partial charge in [-0.1, -0.05) is 13.3 Å². The molecular formula is C14H20ClNO4S. The number of ether oxygens (including phenoxy) is 2. The van der Waals surface area contributed by atoms with Crippen LogP contribution in [0.4, 0.5) is 0 Å². The van der Waals surface area contributed by atoms with E-state index in [1.165, 1.54) is 10.4 Å². The van der Waals surface area contributed by atoms with Crippen LogP contribution in [0.3, 0.4) is 0 Å². The molecule has 1 aliphatic heterocycles. The molecular weight excluding hydrogens is 314 g/mol. The fourth-order valence-electron chi connectivity index (χ4n) is 2.11. The Morgan fingerprint density at radius 2 is 1.90 bits per heavy atom. The van der Waals surface area contributed by atoms with E-state index in [2.05, 4.69) is 0 Å². The van der Waals surface area contributed by atoms with E-state index in [0.717, 1.165) is 12.8 Å². The van der Waals surface area contributed by atoms with Gasteiger partial charge >= 0.3 is 0 Å². The average molecular weight is 334 g/mol. The standard InChI is InChI=1S/C14H20ClNO4S/c1-2-3-7-16(8-6-15)21(17,18)12-4-5-13-14(11-12)20-10-9-19-13/h4-5,11H,2-3,6-10H2,1H3. The minimum absolute atomic E-state index is 0.216. The highest BCUT2D eigenvalue weighted by atomic mass is 35.5. The lowest BCUT2D eigenvalue weighted by molar-refractivity contribution is 0.171. The van der Waals surface area contributed by atoms with E-state index in [1.807, 2.05) is 6.92 Å². The number of halogens is 1. The molecule has 0 atom stereocenters. The van der Waals surface area contributed by atoms with Gasteiger partial charge in [-0.05, 0) is 18.6 Å². The van der Waals surface area contributed by atoms with Crippen LogP contribution in [-0.2, 0) is 10.0 Å². The van der Waals surface area contributed by atoms with Crippen LogP contribution in [0.2, 0.25) is 0 Å². The summed E-state index contributed by atoms with van der Waals surface area (Å²) in [5.74, 6) is 1.33. The number of alkyl halides is 1. The molecule has 0 radical (unpaired) electrons. The Kier molecular flexibility index (Phi) is 5.72. The summed E-state index contributed by atoms with van der Waals surface area (Å²) in [6.07, 6.45) is 1.73. The lowest BCUT2D eigenvalue weighted by atomic mass is 10.3. The largest absolute Gasteiger partial charge is 0.486 e. The van der Waals surface area contributed by atoms with E-state index >= 15 is 0 Å². The molecule has 1 aromatic rings. The Morgan fingerprint density at radius 1 is 1.19 bits per heavy atom. The Balaban J connectivity index is 2.28. The van der Waals surface area contributed by atoms with E-state index < -0.39 is 10.0 Å². The van der Waals surface area contributed by atoms with Gasteiger partial charge in [0, 0.05) is 25.0 Å². The van der Waals surface area contributed by atoms with Gasteiger partial charge in [-0.25, -0.2) is 8.42 Å². The number of unbranched alkanes of at least 4 members (excludes halogenated alkanes) is 1. The van der Waals surface area contributed by atoms with Crippen molar-refractivity contribution >= 4 is 21.6 Å². The number of hydrogen-bond donors (Lipinski definition) is 0. The van der Waals surface area contributed by atoms with E-state index in [9.17, 15) is 8.42 Å². The van der Waals surface area contributed by atoms with Gasteiger partial charge in [0.25, 0.3) is 0 Å². The molecule has 0 aliphatic carbocycles.